The van der Waals surface area contributed by atoms with Gasteiger partial charge >= 0.3 is 0 Å². The van der Waals surface area contributed by atoms with Crippen LogP contribution in [0.25, 0.3) is 6.08 Å². The fourth-order valence-corrected chi connectivity index (χ4v) is 2.25. The first-order valence-corrected chi connectivity index (χ1v) is 7.06. The second-order valence-corrected chi connectivity index (χ2v) is 5.45. The van der Waals surface area contributed by atoms with Crippen LogP contribution in [-0.2, 0) is 16.1 Å². The lowest BCUT2D eigenvalue weighted by Gasteiger charge is -2.27. The molecular weight excluding hydrogens is 302 g/mol. The molecule has 116 valence electrons. The first-order valence-electron chi connectivity index (χ1n) is 6.65. The number of rotatable bonds is 5. The number of hydrogen-bond donors (Lipinski definition) is 1. The fraction of sp³-hybridized carbons (Fsp3) is 0.267. The third-order valence-corrected chi connectivity index (χ3v) is 3.26. The number of furan rings is 1. The van der Waals surface area contributed by atoms with Crippen molar-refractivity contribution in [2.75, 3.05) is 20.6 Å². The molecule has 2 amide bonds. The van der Waals surface area contributed by atoms with Crippen LogP contribution in [0.4, 0.5) is 0 Å². The zero-order valence-corrected chi connectivity index (χ0v) is 13.3. The van der Waals surface area contributed by atoms with Gasteiger partial charge in [0.15, 0.2) is 5.11 Å². The summed E-state index contributed by atoms with van der Waals surface area (Å²) in [7, 11) is 3.85. The van der Waals surface area contributed by atoms with Gasteiger partial charge in [-0.3, -0.25) is 19.8 Å². The molecule has 1 saturated heterocycles. The van der Waals surface area contributed by atoms with E-state index in [4.69, 9.17) is 16.6 Å². The molecule has 0 aromatic carbocycles. The maximum Gasteiger partial charge on any atom is 0.266 e. The molecule has 2 rings (SSSR count). The quantitative estimate of drug-likeness (QED) is 0.382. The molecule has 0 spiro atoms. The van der Waals surface area contributed by atoms with E-state index in [9.17, 15) is 9.59 Å². The smallest absolute Gasteiger partial charge is 0.266 e. The normalized spacial score (nSPS) is 17.3. The predicted molar refractivity (Wildman–Crippen MR) is 86.7 cm³/mol. The summed E-state index contributed by atoms with van der Waals surface area (Å²) in [5.41, 5.74) is -0.0128. The Morgan fingerprint density at radius 2 is 2.14 bits per heavy atom. The molecule has 0 unspecified atom stereocenters. The lowest BCUT2D eigenvalue weighted by atomic mass is 10.1. The highest BCUT2D eigenvalue weighted by Crippen LogP contribution is 2.17. The average Bonchev–Trinajstić information content (AvgIpc) is 2.86. The summed E-state index contributed by atoms with van der Waals surface area (Å²) in [6, 6.07) is 3.53. The van der Waals surface area contributed by atoms with E-state index in [1.807, 2.05) is 25.1 Å². The van der Waals surface area contributed by atoms with E-state index in [1.54, 1.807) is 12.1 Å². The molecule has 0 bridgehead atoms. The van der Waals surface area contributed by atoms with Gasteiger partial charge in [0, 0.05) is 6.54 Å². The molecule has 1 aromatic heterocycles. The summed E-state index contributed by atoms with van der Waals surface area (Å²) in [5.74, 6) is 0.209. The second-order valence-electron chi connectivity index (χ2n) is 5.06. The van der Waals surface area contributed by atoms with Gasteiger partial charge in [-0.2, -0.15) is 0 Å². The van der Waals surface area contributed by atoms with Gasteiger partial charge in [0.2, 0.25) is 0 Å². The van der Waals surface area contributed by atoms with Gasteiger partial charge in [-0.15, -0.1) is 6.58 Å². The number of carbonyl (C=O) groups excluding carboxylic acids is 2. The Bertz CT molecular complexity index is 661. The zero-order chi connectivity index (χ0) is 16.3. The first-order chi connectivity index (χ1) is 10.4. The van der Waals surface area contributed by atoms with Gasteiger partial charge in [0.1, 0.15) is 17.1 Å². The molecule has 1 fully saturated rings. The number of amides is 2. The van der Waals surface area contributed by atoms with Crippen molar-refractivity contribution in [1.82, 2.24) is 15.1 Å². The van der Waals surface area contributed by atoms with Gasteiger partial charge in [-0.05, 0) is 44.5 Å². The van der Waals surface area contributed by atoms with Gasteiger partial charge in [-0.25, -0.2) is 0 Å². The van der Waals surface area contributed by atoms with Crippen molar-refractivity contribution in [2.24, 2.45) is 0 Å². The predicted octanol–water partition coefficient (Wildman–Crippen LogP) is 1.15. The van der Waals surface area contributed by atoms with Crippen LogP contribution in [0.2, 0.25) is 0 Å². The van der Waals surface area contributed by atoms with E-state index in [0.717, 1.165) is 5.76 Å². The highest BCUT2D eigenvalue weighted by molar-refractivity contribution is 7.80. The largest absolute Gasteiger partial charge is 0.460 e. The minimum absolute atomic E-state index is 0.0128. The van der Waals surface area contributed by atoms with Crippen molar-refractivity contribution in [3.8, 4) is 0 Å². The minimum atomic E-state index is -0.527. The van der Waals surface area contributed by atoms with Crippen LogP contribution in [0.3, 0.4) is 0 Å². The molecule has 0 aliphatic carbocycles. The third kappa shape index (κ3) is 3.49. The highest BCUT2D eigenvalue weighted by Gasteiger charge is 2.32. The molecule has 6 nitrogen and oxygen atoms in total. The number of nitrogens with one attached hydrogen (secondary N) is 1. The van der Waals surface area contributed by atoms with E-state index in [-0.39, 0.29) is 17.2 Å². The van der Waals surface area contributed by atoms with Crippen molar-refractivity contribution in [2.45, 2.75) is 6.54 Å². The van der Waals surface area contributed by atoms with E-state index in [0.29, 0.717) is 12.3 Å². The van der Waals surface area contributed by atoms with Gasteiger partial charge in [0.25, 0.3) is 11.8 Å². The SMILES string of the molecule is C=CCN1C(=O)C(=Cc2ccc(CN(C)C)o2)C(=O)NC1=S. The standard InChI is InChI=1S/C15H17N3O3S/c1-4-7-18-14(20)12(13(19)16-15(18)22)8-10-5-6-11(21-10)9-17(2)3/h4-6,8H,1,7,9H2,2-3H3,(H,16,19,22). The number of hydrogen-bond acceptors (Lipinski definition) is 5. The molecule has 0 atom stereocenters. The monoisotopic (exact) mass is 319 g/mol. The molecule has 1 aliphatic heterocycles. The first kappa shape index (κ1) is 16.1. The van der Waals surface area contributed by atoms with Crippen molar-refractivity contribution in [1.29, 1.82) is 0 Å². The van der Waals surface area contributed by atoms with Crippen LogP contribution in [0, 0.1) is 0 Å². The molecule has 7 heteroatoms. The zero-order valence-electron chi connectivity index (χ0n) is 12.5. The summed E-state index contributed by atoms with van der Waals surface area (Å²) in [6.07, 6.45) is 2.97. The average molecular weight is 319 g/mol. The topological polar surface area (TPSA) is 65.8 Å². The number of thiocarbonyl (C=S) groups is 1. The third-order valence-electron chi connectivity index (χ3n) is 2.94. The van der Waals surface area contributed by atoms with Gasteiger partial charge in [-0.1, -0.05) is 6.08 Å². The summed E-state index contributed by atoms with van der Waals surface area (Å²) in [4.78, 5) is 27.5. The van der Waals surface area contributed by atoms with Crippen LogP contribution in [0.1, 0.15) is 11.5 Å². The van der Waals surface area contributed by atoms with E-state index in [2.05, 4.69) is 11.9 Å². The summed E-state index contributed by atoms with van der Waals surface area (Å²) in [5, 5.41) is 2.57. The molecule has 0 saturated carbocycles. The van der Waals surface area contributed by atoms with Crippen LogP contribution >= 0.6 is 12.2 Å². The van der Waals surface area contributed by atoms with E-state index >= 15 is 0 Å². The van der Waals surface area contributed by atoms with E-state index < -0.39 is 11.8 Å². The lowest BCUT2D eigenvalue weighted by Crippen LogP contribution is -2.53. The Labute approximate surface area is 134 Å². The van der Waals surface area contributed by atoms with Crippen LogP contribution in [0.5, 0.6) is 0 Å². The molecule has 1 aliphatic rings. The molecule has 0 radical (unpaired) electrons. The maximum absolute atomic E-state index is 12.3. The van der Waals surface area contributed by atoms with Crippen LogP contribution < -0.4 is 5.32 Å². The van der Waals surface area contributed by atoms with Crippen molar-refractivity contribution < 1.29 is 14.0 Å². The fourth-order valence-electron chi connectivity index (χ4n) is 2.00. The Balaban J connectivity index is 2.26. The summed E-state index contributed by atoms with van der Waals surface area (Å²) < 4.78 is 5.59. The minimum Gasteiger partial charge on any atom is -0.460 e. The molecule has 1 N–H and O–H groups in total. The number of nitrogens with zero attached hydrogens (tertiary/aromatic N) is 2. The van der Waals surface area contributed by atoms with Gasteiger partial charge < -0.3 is 9.32 Å². The Kier molecular flexibility index (Phi) is 4.89. The van der Waals surface area contributed by atoms with Crippen LogP contribution in [-0.4, -0.2) is 47.4 Å². The molecule has 1 aromatic rings. The van der Waals surface area contributed by atoms with Crippen LogP contribution in [0.15, 0.2) is 34.8 Å². The van der Waals surface area contributed by atoms with Crippen molar-refractivity contribution >= 4 is 35.2 Å². The summed E-state index contributed by atoms with van der Waals surface area (Å²) in [6.45, 7) is 4.44. The molecule has 22 heavy (non-hydrogen) atoms. The second kappa shape index (κ2) is 6.67. The Hall–Kier alpha value is -2.25. The molecular formula is C15H17N3O3S. The summed E-state index contributed by atoms with van der Waals surface area (Å²) >= 11 is 4.99. The lowest BCUT2D eigenvalue weighted by molar-refractivity contribution is -0.128. The number of carbonyl (C=O) groups is 2. The Morgan fingerprint density at radius 1 is 1.41 bits per heavy atom. The molecule has 2 heterocycles. The van der Waals surface area contributed by atoms with Crippen molar-refractivity contribution in [3.05, 3.63) is 41.9 Å². The maximum atomic E-state index is 12.3. The highest BCUT2D eigenvalue weighted by atomic mass is 32.1. The van der Waals surface area contributed by atoms with E-state index in [1.165, 1.54) is 11.0 Å². The van der Waals surface area contributed by atoms with Crippen molar-refractivity contribution in [3.63, 3.8) is 0 Å². The van der Waals surface area contributed by atoms with Gasteiger partial charge in [0.05, 0.1) is 6.54 Å². The Morgan fingerprint density at radius 3 is 2.77 bits per heavy atom.